The van der Waals surface area contributed by atoms with Gasteiger partial charge in [-0.3, -0.25) is 37.8 Å². The summed E-state index contributed by atoms with van der Waals surface area (Å²) in [5.74, 6) is -2.19. The zero-order chi connectivity index (χ0) is 56.6. The molecule has 22 nitrogen and oxygen atoms in total. The van der Waals surface area contributed by atoms with Crippen molar-refractivity contribution in [1.82, 2.24) is 39.7 Å². The Labute approximate surface area is 453 Å². The van der Waals surface area contributed by atoms with Crippen LogP contribution in [0.1, 0.15) is 0 Å². The van der Waals surface area contributed by atoms with Crippen molar-refractivity contribution >= 4 is 88.2 Å². The fourth-order valence-electron chi connectivity index (χ4n) is 7.62. The molecular formula is C50H46Cl2F2N10O12S2. The molecule has 4 aromatic carbocycles. The minimum Gasteiger partial charge on any atom is -0.480 e. The first-order valence-corrected chi connectivity index (χ1v) is 26.4. The Morgan fingerprint density at radius 2 is 0.949 bits per heavy atom. The zero-order valence-electron chi connectivity index (χ0n) is 41.9. The first kappa shape index (κ1) is 57.6. The van der Waals surface area contributed by atoms with Crippen LogP contribution in [-0.4, -0.2) is 112 Å². The second kappa shape index (κ2) is 24.5. The lowest BCUT2D eigenvalue weighted by Gasteiger charge is -2.15. The van der Waals surface area contributed by atoms with Crippen LogP contribution in [-0.2, 0) is 52.2 Å². The Balaban J connectivity index is 0.000000226. The van der Waals surface area contributed by atoms with Gasteiger partial charge >= 0.3 is 0 Å². The molecule has 0 aliphatic rings. The number of carbonyl (C=O) groups is 2. The number of halogens is 4. The van der Waals surface area contributed by atoms with E-state index in [1.54, 1.807) is 36.4 Å². The Kier molecular flexibility index (Phi) is 18.1. The molecular weight excluding hydrogens is 1110 g/mol. The van der Waals surface area contributed by atoms with E-state index in [1.165, 1.54) is 88.8 Å². The zero-order valence-corrected chi connectivity index (χ0v) is 45.0. The molecule has 0 aliphatic heterocycles. The summed E-state index contributed by atoms with van der Waals surface area (Å²) in [5, 5.41) is 4.89. The molecule has 4 N–H and O–H groups in total. The van der Waals surface area contributed by atoms with Crippen molar-refractivity contribution < 1.29 is 54.2 Å². The van der Waals surface area contributed by atoms with Crippen molar-refractivity contribution in [3.63, 3.8) is 0 Å². The van der Waals surface area contributed by atoms with Crippen LogP contribution >= 0.6 is 23.2 Å². The molecule has 0 saturated carbocycles. The Hall–Kier alpha value is -8.14. The minimum atomic E-state index is -4.24. The standard InChI is InChI=1S/2C25H23ClFN5O6S/c2*1-28-23(33)21(37-2)12-32-13-30-19-6-4-14(8-17(19)25(32)34)15-9-20(24(38-3)29-11-15)31-39(35,36)22-7-5-16(27)10-18(22)26/h2*4-11,13,21,31H,12H2,1-3H3,(H,28,33)/t2*21-/m10/s1. The smallest absolute Gasteiger partial charge is 0.263 e. The van der Waals surface area contributed by atoms with Crippen molar-refractivity contribution in [3.8, 4) is 34.0 Å². The largest absolute Gasteiger partial charge is 0.480 e. The van der Waals surface area contributed by atoms with Crippen LogP contribution < -0.4 is 40.7 Å². The van der Waals surface area contributed by atoms with Crippen LogP contribution in [0.2, 0.25) is 10.0 Å². The number of amides is 2. The Morgan fingerprint density at radius 1 is 0.564 bits per heavy atom. The molecule has 8 rings (SSSR count). The Morgan fingerprint density at radius 3 is 1.28 bits per heavy atom. The number of ether oxygens (including phenoxy) is 4. The third-order valence-corrected chi connectivity index (χ3v) is 15.3. The third-order valence-electron chi connectivity index (χ3n) is 11.6. The second-order valence-electron chi connectivity index (χ2n) is 16.5. The summed E-state index contributed by atoms with van der Waals surface area (Å²) in [5.41, 5.74) is 1.99. The van der Waals surface area contributed by atoms with Gasteiger partial charge < -0.3 is 29.6 Å². The van der Waals surface area contributed by atoms with Gasteiger partial charge in [-0.1, -0.05) is 35.3 Å². The fraction of sp³-hybridized carbons (Fsp3) is 0.200. The first-order valence-electron chi connectivity index (χ1n) is 22.7. The van der Waals surface area contributed by atoms with Gasteiger partial charge in [-0.2, -0.15) is 0 Å². The lowest BCUT2D eigenvalue weighted by Crippen LogP contribution is -2.39. The molecule has 0 spiro atoms. The molecule has 4 aromatic heterocycles. The predicted molar refractivity (Wildman–Crippen MR) is 286 cm³/mol. The number of fused-ring (bicyclic) bond motifs is 2. The maximum atomic E-state index is 13.4. The van der Waals surface area contributed by atoms with E-state index >= 15 is 0 Å². The number of nitrogens with one attached hydrogen (secondary N) is 4. The summed E-state index contributed by atoms with van der Waals surface area (Å²) in [6, 6.07) is 18.6. The van der Waals surface area contributed by atoms with Crippen LogP contribution in [0.25, 0.3) is 44.1 Å². The molecule has 0 bridgehead atoms. The van der Waals surface area contributed by atoms with E-state index in [9.17, 15) is 44.8 Å². The number of aromatic nitrogens is 6. The highest BCUT2D eigenvalue weighted by Gasteiger charge is 2.25. The summed E-state index contributed by atoms with van der Waals surface area (Å²) in [7, 11) is -0.176. The van der Waals surface area contributed by atoms with Crippen molar-refractivity contribution in [2.75, 3.05) is 52.0 Å². The van der Waals surface area contributed by atoms with Gasteiger partial charge in [-0.25, -0.2) is 45.6 Å². The van der Waals surface area contributed by atoms with E-state index in [-0.39, 0.29) is 78.6 Å². The second-order valence-corrected chi connectivity index (χ2v) is 20.6. The molecule has 0 saturated heterocycles. The van der Waals surface area contributed by atoms with Crippen LogP contribution in [0, 0.1) is 11.6 Å². The lowest BCUT2D eigenvalue weighted by molar-refractivity contribution is -0.132. The van der Waals surface area contributed by atoms with E-state index in [0.717, 1.165) is 36.4 Å². The quantitative estimate of drug-likeness (QED) is 0.0808. The number of nitrogens with zero attached hydrogens (tertiary/aromatic N) is 6. The Bertz CT molecular complexity index is 3710. The highest BCUT2D eigenvalue weighted by Crippen LogP contribution is 2.34. The van der Waals surface area contributed by atoms with Crippen molar-refractivity contribution in [3.05, 3.63) is 152 Å². The van der Waals surface area contributed by atoms with Gasteiger partial charge in [0.1, 0.15) is 32.8 Å². The molecule has 0 fully saturated rings. The molecule has 78 heavy (non-hydrogen) atoms. The molecule has 408 valence electrons. The molecule has 28 heteroatoms. The number of carbonyl (C=O) groups excluding carboxylic acids is 2. The molecule has 0 aliphatic carbocycles. The number of likely N-dealkylation sites (N-methyl/N-ethyl adjacent to an activating group) is 2. The third kappa shape index (κ3) is 12.8. The van der Waals surface area contributed by atoms with Crippen LogP contribution in [0.15, 0.2) is 129 Å². The van der Waals surface area contributed by atoms with Gasteiger partial charge in [-0.05, 0) is 83.9 Å². The van der Waals surface area contributed by atoms with Crippen LogP contribution in [0.3, 0.4) is 0 Å². The molecule has 8 aromatic rings. The number of anilines is 2. The molecule has 0 unspecified atom stereocenters. The normalized spacial score (nSPS) is 12.2. The molecule has 0 radical (unpaired) electrons. The highest BCUT2D eigenvalue weighted by atomic mass is 35.5. The van der Waals surface area contributed by atoms with E-state index in [4.69, 9.17) is 42.1 Å². The van der Waals surface area contributed by atoms with Crippen molar-refractivity contribution in [2.24, 2.45) is 0 Å². The van der Waals surface area contributed by atoms with Gasteiger partial charge in [0.25, 0.3) is 43.0 Å². The summed E-state index contributed by atoms with van der Waals surface area (Å²) in [6.07, 6.45) is 3.77. The van der Waals surface area contributed by atoms with E-state index in [2.05, 4.69) is 40.0 Å². The summed E-state index contributed by atoms with van der Waals surface area (Å²) in [4.78, 5) is 66.7. The SMILES string of the molecule is CNC(=O)[C@@H](Cn1cnc2ccc(-c3cnc(OC)c(NS(=O)(=O)c4ccc(F)cc4Cl)c3)cc2c1=O)OC.CNC(=O)[C@H](Cn1cnc2ccc(-c3cnc(OC)c(NS(=O)(=O)c4ccc(F)cc4Cl)c3)cc2c1=O)OC. The van der Waals surface area contributed by atoms with E-state index in [0.29, 0.717) is 33.3 Å². The molecule has 2 amide bonds. The van der Waals surface area contributed by atoms with Gasteiger partial charge in [-0.15, -0.1) is 0 Å². The van der Waals surface area contributed by atoms with E-state index in [1.807, 2.05) is 0 Å². The summed E-state index contributed by atoms with van der Waals surface area (Å²) in [6.45, 7) is -0.103. The van der Waals surface area contributed by atoms with Crippen molar-refractivity contribution in [2.45, 2.75) is 35.1 Å². The number of pyridine rings is 2. The predicted octanol–water partition coefficient (Wildman–Crippen LogP) is 5.64. The number of benzene rings is 4. The number of hydrogen-bond acceptors (Lipinski definition) is 16. The van der Waals surface area contributed by atoms with E-state index < -0.39 is 55.0 Å². The number of hydrogen-bond donors (Lipinski definition) is 4. The first-order chi connectivity index (χ1) is 37.1. The summed E-state index contributed by atoms with van der Waals surface area (Å²) >= 11 is 11.9. The maximum absolute atomic E-state index is 13.4. The number of methoxy groups -OCH3 is 4. The van der Waals surface area contributed by atoms with Gasteiger partial charge in [0.15, 0.2) is 12.2 Å². The molecule has 2 atom stereocenters. The lowest BCUT2D eigenvalue weighted by atomic mass is 10.1. The summed E-state index contributed by atoms with van der Waals surface area (Å²) < 4.78 is 107. The molecule has 4 heterocycles. The van der Waals surface area contributed by atoms with Crippen molar-refractivity contribution in [1.29, 1.82) is 0 Å². The van der Waals surface area contributed by atoms with Gasteiger partial charge in [0, 0.05) is 51.8 Å². The monoisotopic (exact) mass is 1150 g/mol. The van der Waals surface area contributed by atoms with Crippen LogP contribution in [0.4, 0.5) is 20.2 Å². The van der Waals surface area contributed by atoms with Crippen LogP contribution in [0.5, 0.6) is 11.8 Å². The minimum absolute atomic E-state index is 0.00685. The number of sulfonamides is 2. The highest BCUT2D eigenvalue weighted by molar-refractivity contribution is 7.93. The average molecular weight is 1150 g/mol. The average Bonchev–Trinajstić information content (AvgIpc) is 3.48. The number of rotatable bonds is 18. The topological polar surface area (TPSA) is 283 Å². The maximum Gasteiger partial charge on any atom is 0.263 e. The van der Waals surface area contributed by atoms with Gasteiger partial charge in [0.2, 0.25) is 11.8 Å². The fourth-order valence-corrected chi connectivity index (χ4v) is 10.8. The van der Waals surface area contributed by atoms with Gasteiger partial charge in [0.05, 0.1) is 71.8 Å².